The fourth-order valence-corrected chi connectivity index (χ4v) is 1.64. The first-order chi connectivity index (χ1) is 10.3. The van der Waals surface area contributed by atoms with Gasteiger partial charge in [0.2, 0.25) is 17.7 Å². The molecular weight excluding hydrogens is 290 g/mol. The third kappa shape index (κ3) is 8.03. The number of nitrogens with one attached hydrogen (secondary N) is 3. The second-order valence-electron chi connectivity index (χ2n) is 4.60. The molecular formula is C14H23N3O5. The van der Waals surface area contributed by atoms with E-state index in [-0.39, 0.29) is 42.3 Å². The molecule has 8 nitrogen and oxygen atoms in total. The number of hydrogen-bond donors (Lipinski definition) is 4. The number of carboxylic acids is 1. The summed E-state index contributed by atoms with van der Waals surface area (Å²) in [4.78, 5) is 45.1. The minimum Gasteiger partial charge on any atom is -0.478 e. The zero-order valence-electron chi connectivity index (χ0n) is 13.1. The van der Waals surface area contributed by atoms with E-state index in [4.69, 9.17) is 5.11 Å². The van der Waals surface area contributed by atoms with Gasteiger partial charge in [0.25, 0.3) is 0 Å². The molecule has 3 amide bonds. The van der Waals surface area contributed by atoms with Crippen molar-refractivity contribution >= 4 is 23.7 Å². The lowest BCUT2D eigenvalue weighted by Gasteiger charge is -2.10. The predicted octanol–water partition coefficient (Wildman–Crippen LogP) is -0.444. The van der Waals surface area contributed by atoms with Crippen LogP contribution in [0.1, 0.15) is 33.6 Å². The minimum absolute atomic E-state index is 0.00282. The van der Waals surface area contributed by atoms with Crippen molar-refractivity contribution in [3.63, 3.8) is 0 Å². The van der Waals surface area contributed by atoms with Crippen molar-refractivity contribution in [1.82, 2.24) is 16.0 Å². The smallest absolute Gasteiger partial charge is 0.331 e. The fourth-order valence-electron chi connectivity index (χ4n) is 1.64. The molecule has 0 rings (SSSR count). The lowest BCUT2D eigenvalue weighted by Crippen LogP contribution is -2.34. The molecule has 0 bridgehead atoms. The molecule has 0 aromatic carbocycles. The molecule has 0 aliphatic carbocycles. The van der Waals surface area contributed by atoms with Crippen molar-refractivity contribution in [1.29, 1.82) is 0 Å². The van der Waals surface area contributed by atoms with E-state index < -0.39 is 11.9 Å². The first-order valence-electron chi connectivity index (χ1n) is 7.01. The number of aliphatic carboxylic acids is 1. The molecule has 0 aliphatic heterocycles. The molecule has 0 heterocycles. The van der Waals surface area contributed by atoms with E-state index in [2.05, 4.69) is 16.0 Å². The molecule has 22 heavy (non-hydrogen) atoms. The highest BCUT2D eigenvalue weighted by molar-refractivity contribution is 6.02. The monoisotopic (exact) mass is 313 g/mol. The SMILES string of the molecule is CCNC(=O)/C(CCC(=O)NCCNC(C)=O)=C(/C)C(=O)O. The van der Waals surface area contributed by atoms with Gasteiger partial charge in [-0.2, -0.15) is 0 Å². The molecule has 4 N–H and O–H groups in total. The maximum absolute atomic E-state index is 11.8. The van der Waals surface area contributed by atoms with Crippen LogP contribution in [0.3, 0.4) is 0 Å². The van der Waals surface area contributed by atoms with Gasteiger partial charge in [0.15, 0.2) is 0 Å². The highest BCUT2D eigenvalue weighted by atomic mass is 16.4. The van der Waals surface area contributed by atoms with Crippen LogP contribution in [-0.4, -0.2) is 48.4 Å². The third-order valence-corrected chi connectivity index (χ3v) is 2.81. The lowest BCUT2D eigenvalue weighted by atomic mass is 10.0. The Morgan fingerprint density at radius 3 is 2.00 bits per heavy atom. The summed E-state index contributed by atoms with van der Waals surface area (Å²) in [6.45, 7) is 5.39. The number of carbonyl (C=O) groups is 4. The maximum Gasteiger partial charge on any atom is 0.331 e. The molecule has 0 aromatic heterocycles. The van der Waals surface area contributed by atoms with Crippen LogP contribution < -0.4 is 16.0 Å². The Bertz CT molecular complexity index is 471. The predicted molar refractivity (Wildman–Crippen MR) is 79.9 cm³/mol. The van der Waals surface area contributed by atoms with E-state index in [0.29, 0.717) is 13.1 Å². The quantitative estimate of drug-likeness (QED) is 0.339. The van der Waals surface area contributed by atoms with Crippen LogP contribution in [-0.2, 0) is 19.2 Å². The van der Waals surface area contributed by atoms with Gasteiger partial charge in [-0.25, -0.2) is 4.79 Å². The number of carbonyl (C=O) groups excluding carboxylic acids is 3. The zero-order chi connectivity index (χ0) is 17.1. The van der Waals surface area contributed by atoms with E-state index in [1.165, 1.54) is 13.8 Å². The summed E-state index contributed by atoms with van der Waals surface area (Å²) < 4.78 is 0. The van der Waals surface area contributed by atoms with Crippen molar-refractivity contribution in [2.45, 2.75) is 33.6 Å². The van der Waals surface area contributed by atoms with Crippen LogP contribution in [0.15, 0.2) is 11.1 Å². The molecule has 0 radical (unpaired) electrons. The molecule has 0 spiro atoms. The van der Waals surface area contributed by atoms with Gasteiger partial charge >= 0.3 is 5.97 Å². The van der Waals surface area contributed by atoms with E-state index >= 15 is 0 Å². The normalized spacial score (nSPS) is 11.2. The third-order valence-electron chi connectivity index (χ3n) is 2.81. The summed E-state index contributed by atoms with van der Waals surface area (Å²) in [5, 5.41) is 16.6. The van der Waals surface area contributed by atoms with Gasteiger partial charge in [-0.15, -0.1) is 0 Å². The van der Waals surface area contributed by atoms with Gasteiger partial charge in [0.1, 0.15) is 0 Å². The summed E-state index contributed by atoms with van der Waals surface area (Å²) in [6.07, 6.45) is 0.0348. The van der Waals surface area contributed by atoms with Gasteiger partial charge in [0.05, 0.1) is 0 Å². The summed E-state index contributed by atoms with van der Waals surface area (Å²) in [5.41, 5.74) is 0.0170. The Kier molecular flexibility index (Phi) is 9.24. The number of likely N-dealkylation sites (N-methyl/N-ethyl adjacent to an activating group) is 1. The van der Waals surface area contributed by atoms with Gasteiger partial charge in [-0.1, -0.05) is 0 Å². The van der Waals surface area contributed by atoms with Crippen LogP contribution in [0.25, 0.3) is 0 Å². The van der Waals surface area contributed by atoms with Crippen LogP contribution in [0.4, 0.5) is 0 Å². The molecule has 0 unspecified atom stereocenters. The number of rotatable bonds is 9. The Hall–Kier alpha value is -2.38. The summed E-state index contributed by atoms with van der Waals surface area (Å²) in [7, 11) is 0. The van der Waals surface area contributed by atoms with Gasteiger partial charge in [-0.05, 0) is 20.3 Å². The number of amides is 3. The minimum atomic E-state index is -1.19. The van der Waals surface area contributed by atoms with Crippen LogP contribution >= 0.6 is 0 Å². The highest BCUT2D eigenvalue weighted by Crippen LogP contribution is 2.12. The van der Waals surface area contributed by atoms with Crippen molar-refractivity contribution in [2.75, 3.05) is 19.6 Å². The van der Waals surface area contributed by atoms with Crippen LogP contribution in [0.5, 0.6) is 0 Å². The van der Waals surface area contributed by atoms with Crippen LogP contribution in [0.2, 0.25) is 0 Å². The lowest BCUT2D eigenvalue weighted by molar-refractivity contribution is -0.133. The molecule has 0 aliphatic rings. The second kappa shape index (κ2) is 10.4. The average Bonchev–Trinajstić information content (AvgIpc) is 2.43. The van der Waals surface area contributed by atoms with Gasteiger partial charge < -0.3 is 21.1 Å². The standard InChI is InChI=1S/C14H23N3O5/c1-4-15-13(20)11(9(2)14(21)22)5-6-12(19)17-8-7-16-10(3)18/h4-8H2,1-3H3,(H,15,20)(H,16,18)(H,17,19)(H,21,22)/b11-9-. The van der Waals surface area contributed by atoms with E-state index in [1.807, 2.05) is 0 Å². The van der Waals surface area contributed by atoms with Crippen molar-refractivity contribution in [2.24, 2.45) is 0 Å². The highest BCUT2D eigenvalue weighted by Gasteiger charge is 2.17. The molecule has 0 aromatic rings. The second-order valence-corrected chi connectivity index (χ2v) is 4.60. The summed E-state index contributed by atoms with van der Waals surface area (Å²) in [5.74, 6) is -2.17. The molecule has 0 atom stereocenters. The fraction of sp³-hybridized carbons (Fsp3) is 0.571. The Morgan fingerprint density at radius 1 is 0.909 bits per heavy atom. The average molecular weight is 313 g/mol. The van der Waals surface area contributed by atoms with E-state index in [0.717, 1.165) is 0 Å². The first-order valence-corrected chi connectivity index (χ1v) is 7.01. The topological polar surface area (TPSA) is 125 Å². The Morgan fingerprint density at radius 2 is 1.50 bits per heavy atom. The van der Waals surface area contributed by atoms with Crippen molar-refractivity contribution < 1.29 is 24.3 Å². The van der Waals surface area contributed by atoms with E-state index in [1.54, 1.807) is 6.92 Å². The molecule has 0 saturated heterocycles. The Balaban J connectivity index is 4.49. The molecule has 124 valence electrons. The van der Waals surface area contributed by atoms with Gasteiger partial charge in [0, 0.05) is 44.1 Å². The summed E-state index contributed by atoms with van der Waals surface area (Å²) >= 11 is 0. The molecule has 8 heteroatoms. The number of carboxylic acid groups (broad SMARTS) is 1. The molecule has 0 saturated carbocycles. The van der Waals surface area contributed by atoms with Crippen molar-refractivity contribution in [3.05, 3.63) is 11.1 Å². The maximum atomic E-state index is 11.8. The summed E-state index contributed by atoms with van der Waals surface area (Å²) in [6, 6.07) is 0. The number of hydrogen-bond acceptors (Lipinski definition) is 4. The van der Waals surface area contributed by atoms with Crippen LogP contribution in [0, 0.1) is 0 Å². The molecule has 0 fully saturated rings. The van der Waals surface area contributed by atoms with Gasteiger partial charge in [-0.3, -0.25) is 14.4 Å². The zero-order valence-corrected chi connectivity index (χ0v) is 13.1. The van der Waals surface area contributed by atoms with Crippen molar-refractivity contribution in [3.8, 4) is 0 Å². The first kappa shape index (κ1) is 19.6. The largest absolute Gasteiger partial charge is 0.478 e. The van der Waals surface area contributed by atoms with E-state index in [9.17, 15) is 19.2 Å². The Labute approximate surface area is 129 Å².